The van der Waals surface area contributed by atoms with Crippen molar-refractivity contribution in [3.8, 4) is 0 Å². The molecule has 0 unspecified atom stereocenters. The van der Waals surface area contributed by atoms with Crippen LogP contribution < -0.4 is 16.0 Å². The Hall–Kier alpha value is -1.59. The number of rotatable bonds is 7. The van der Waals surface area contributed by atoms with Crippen molar-refractivity contribution in [3.05, 3.63) is 29.3 Å². The predicted molar refractivity (Wildman–Crippen MR) is 84.2 cm³/mol. The number of quaternary nitrogens is 1. The Morgan fingerprint density at radius 2 is 1.86 bits per heavy atom. The molecular weight excluding hydrogens is 290 g/mol. The van der Waals surface area contributed by atoms with Crippen molar-refractivity contribution < 1.29 is 14.9 Å². The standard InChI is InChI=1S/C15H22ClN3O2/c1-4-17-15(21)11(3)18-10(2)9-14(20)19-13-7-5-12(16)6-8-13/h5-8,10-11,18H,4,9H2,1-3H3,(H,17,21)(H,19,20)/p+1/t10-,11-/m0/s1. The van der Waals surface area contributed by atoms with Gasteiger partial charge in [-0.05, 0) is 45.0 Å². The lowest BCUT2D eigenvalue weighted by Gasteiger charge is -2.16. The first-order valence-electron chi connectivity index (χ1n) is 7.10. The Labute approximate surface area is 130 Å². The lowest BCUT2D eigenvalue weighted by molar-refractivity contribution is -0.702. The summed E-state index contributed by atoms with van der Waals surface area (Å²) in [6.07, 6.45) is 0.340. The highest BCUT2D eigenvalue weighted by Gasteiger charge is 2.20. The molecule has 2 amide bonds. The van der Waals surface area contributed by atoms with E-state index in [1.807, 2.05) is 26.1 Å². The number of hydrogen-bond donors (Lipinski definition) is 3. The maximum absolute atomic E-state index is 11.9. The third-order valence-corrected chi connectivity index (χ3v) is 3.27. The molecule has 0 aliphatic rings. The first-order chi connectivity index (χ1) is 9.92. The Bertz CT molecular complexity index is 476. The lowest BCUT2D eigenvalue weighted by Crippen LogP contribution is -2.96. The van der Waals surface area contributed by atoms with Gasteiger partial charge in [0.05, 0.1) is 12.5 Å². The normalized spacial score (nSPS) is 13.3. The molecule has 0 aliphatic carbocycles. The van der Waals surface area contributed by atoms with E-state index in [0.717, 1.165) is 0 Å². The van der Waals surface area contributed by atoms with Gasteiger partial charge in [0.2, 0.25) is 5.91 Å². The van der Waals surface area contributed by atoms with Crippen LogP contribution in [0.4, 0.5) is 5.69 Å². The van der Waals surface area contributed by atoms with Crippen LogP contribution in [-0.2, 0) is 9.59 Å². The number of likely N-dealkylation sites (N-methyl/N-ethyl adjacent to an activating group) is 1. The number of carbonyl (C=O) groups excluding carboxylic acids is 2. The zero-order chi connectivity index (χ0) is 15.8. The average molecular weight is 313 g/mol. The lowest BCUT2D eigenvalue weighted by atomic mass is 10.2. The number of benzene rings is 1. The summed E-state index contributed by atoms with van der Waals surface area (Å²) >= 11 is 5.79. The quantitative estimate of drug-likeness (QED) is 0.706. The molecule has 0 heterocycles. The summed E-state index contributed by atoms with van der Waals surface area (Å²) in [5.74, 6) is -0.0911. The topological polar surface area (TPSA) is 74.8 Å². The van der Waals surface area contributed by atoms with Crippen molar-refractivity contribution in [1.82, 2.24) is 5.32 Å². The number of anilines is 1. The van der Waals surface area contributed by atoms with Crippen molar-refractivity contribution in [3.63, 3.8) is 0 Å². The van der Waals surface area contributed by atoms with E-state index in [-0.39, 0.29) is 23.9 Å². The molecule has 116 valence electrons. The second kappa shape index (κ2) is 8.64. The second-order valence-corrected chi connectivity index (χ2v) is 5.55. The summed E-state index contributed by atoms with van der Waals surface area (Å²) in [6.45, 7) is 6.26. The Morgan fingerprint density at radius 3 is 2.43 bits per heavy atom. The molecule has 6 heteroatoms. The first-order valence-corrected chi connectivity index (χ1v) is 7.48. The van der Waals surface area contributed by atoms with Gasteiger partial charge in [-0.2, -0.15) is 0 Å². The smallest absolute Gasteiger partial charge is 0.277 e. The van der Waals surface area contributed by atoms with Crippen molar-refractivity contribution in [2.75, 3.05) is 11.9 Å². The van der Waals surface area contributed by atoms with Crippen LogP contribution >= 0.6 is 11.6 Å². The van der Waals surface area contributed by atoms with E-state index >= 15 is 0 Å². The molecule has 1 aromatic carbocycles. The van der Waals surface area contributed by atoms with Crippen LogP contribution in [-0.4, -0.2) is 30.4 Å². The second-order valence-electron chi connectivity index (χ2n) is 5.11. The molecule has 1 rings (SSSR count). The van der Waals surface area contributed by atoms with Crippen LogP contribution in [0.25, 0.3) is 0 Å². The molecule has 2 atom stereocenters. The summed E-state index contributed by atoms with van der Waals surface area (Å²) in [4.78, 5) is 23.6. The van der Waals surface area contributed by atoms with Crippen molar-refractivity contribution in [1.29, 1.82) is 0 Å². The van der Waals surface area contributed by atoms with E-state index in [1.54, 1.807) is 24.3 Å². The van der Waals surface area contributed by atoms with Crippen LogP contribution in [0.1, 0.15) is 27.2 Å². The van der Waals surface area contributed by atoms with Crippen molar-refractivity contribution in [2.24, 2.45) is 0 Å². The molecule has 1 aromatic rings. The minimum Gasteiger partial charge on any atom is -0.351 e. The fourth-order valence-electron chi connectivity index (χ4n) is 2.02. The number of hydrogen-bond acceptors (Lipinski definition) is 2. The van der Waals surface area contributed by atoms with Gasteiger partial charge >= 0.3 is 0 Å². The number of nitrogens with one attached hydrogen (secondary N) is 2. The van der Waals surface area contributed by atoms with E-state index in [2.05, 4.69) is 10.6 Å². The Balaban J connectivity index is 2.40. The molecule has 21 heavy (non-hydrogen) atoms. The van der Waals surface area contributed by atoms with Gasteiger partial charge in [0, 0.05) is 17.3 Å². The van der Waals surface area contributed by atoms with Crippen LogP contribution in [0.3, 0.4) is 0 Å². The van der Waals surface area contributed by atoms with Crippen molar-refractivity contribution >= 4 is 29.1 Å². The number of nitrogens with two attached hydrogens (primary N) is 1. The van der Waals surface area contributed by atoms with Gasteiger partial charge in [0.15, 0.2) is 6.04 Å². The summed E-state index contributed by atoms with van der Waals surface area (Å²) in [7, 11) is 0. The van der Waals surface area contributed by atoms with Gasteiger partial charge in [0.1, 0.15) is 0 Å². The van der Waals surface area contributed by atoms with Gasteiger partial charge in [-0.15, -0.1) is 0 Å². The maximum atomic E-state index is 11.9. The van der Waals surface area contributed by atoms with E-state index < -0.39 is 0 Å². The highest BCUT2D eigenvalue weighted by Crippen LogP contribution is 2.13. The fourth-order valence-corrected chi connectivity index (χ4v) is 2.15. The molecule has 0 saturated carbocycles. The molecule has 0 aromatic heterocycles. The first kappa shape index (κ1) is 17.5. The Kier molecular flexibility index (Phi) is 7.19. The van der Waals surface area contributed by atoms with Gasteiger partial charge < -0.3 is 16.0 Å². The molecule has 4 N–H and O–H groups in total. The highest BCUT2D eigenvalue weighted by molar-refractivity contribution is 6.30. The number of amides is 2. The average Bonchev–Trinajstić information content (AvgIpc) is 2.41. The molecule has 0 saturated heterocycles. The number of carbonyl (C=O) groups is 2. The minimum absolute atomic E-state index is 0.0116. The van der Waals surface area contributed by atoms with Gasteiger partial charge in [0.25, 0.3) is 5.91 Å². The third kappa shape index (κ3) is 6.60. The van der Waals surface area contributed by atoms with Crippen LogP contribution in [0.2, 0.25) is 5.02 Å². The molecule has 0 spiro atoms. The SMILES string of the molecule is CCNC(=O)[C@H](C)[NH2+][C@@H](C)CC(=O)Nc1ccc(Cl)cc1. The van der Waals surface area contributed by atoms with Gasteiger partial charge in [-0.1, -0.05) is 11.6 Å². The summed E-state index contributed by atoms with van der Waals surface area (Å²) in [5, 5.41) is 8.10. The van der Waals surface area contributed by atoms with Crippen LogP contribution in [0.5, 0.6) is 0 Å². The Morgan fingerprint density at radius 1 is 1.24 bits per heavy atom. The maximum Gasteiger partial charge on any atom is 0.277 e. The third-order valence-electron chi connectivity index (χ3n) is 3.02. The fraction of sp³-hybridized carbons (Fsp3) is 0.467. The van der Waals surface area contributed by atoms with E-state index in [1.165, 1.54) is 0 Å². The monoisotopic (exact) mass is 312 g/mol. The molecule has 0 fully saturated rings. The molecular formula is C15H23ClN3O2+. The molecule has 0 radical (unpaired) electrons. The predicted octanol–water partition coefficient (Wildman–Crippen LogP) is 1.15. The zero-order valence-corrected chi connectivity index (χ0v) is 13.4. The van der Waals surface area contributed by atoms with Gasteiger partial charge in [-0.25, -0.2) is 0 Å². The van der Waals surface area contributed by atoms with E-state index in [9.17, 15) is 9.59 Å². The highest BCUT2D eigenvalue weighted by atomic mass is 35.5. The molecule has 0 bridgehead atoms. The van der Waals surface area contributed by atoms with Gasteiger partial charge in [-0.3, -0.25) is 9.59 Å². The number of halogens is 1. The van der Waals surface area contributed by atoms with E-state index in [4.69, 9.17) is 11.6 Å². The van der Waals surface area contributed by atoms with Crippen molar-refractivity contribution in [2.45, 2.75) is 39.3 Å². The summed E-state index contributed by atoms with van der Waals surface area (Å²) < 4.78 is 0. The van der Waals surface area contributed by atoms with E-state index in [0.29, 0.717) is 23.7 Å². The largest absolute Gasteiger partial charge is 0.351 e. The summed E-state index contributed by atoms with van der Waals surface area (Å²) in [5.41, 5.74) is 0.716. The minimum atomic E-state index is -0.205. The molecule has 0 aliphatic heterocycles. The van der Waals surface area contributed by atoms with Crippen LogP contribution in [0.15, 0.2) is 24.3 Å². The summed E-state index contributed by atoms with van der Waals surface area (Å²) in [6, 6.07) is 6.78. The molecule has 5 nitrogen and oxygen atoms in total. The zero-order valence-electron chi connectivity index (χ0n) is 12.7. The van der Waals surface area contributed by atoms with Crippen LogP contribution in [0, 0.1) is 0 Å².